The maximum atomic E-state index is 5.80. The van der Waals surface area contributed by atoms with Crippen molar-refractivity contribution in [1.82, 2.24) is 0 Å². The van der Waals surface area contributed by atoms with Crippen LogP contribution in [-0.2, 0) is 0 Å². The second-order valence-electron chi connectivity index (χ2n) is 3.15. The van der Waals surface area contributed by atoms with Gasteiger partial charge in [0.25, 0.3) is 0 Å². The van der Waals surface area contributed by atoms with Crippen molar-refractivity contribution in [3.05, 3.63) is 27.7 Å². The van der Waals surface area contributed by atoms with Gasteiger partial charge >= 0.3 is 0 Å². The summed E-state index contributed by atoms with van der Waals surface area (Å²) in [4.78, 5) is 0. The van der Waals surface area contributed by atoms with Crippen molar-refractivity contribution in [3.63, 3.8) is 0 Å². The molecule has 0 aliphatic heterocycles. The molecule has 0 aromatic heterocycles. The molecule has 1 aromatic carbocycles. The maximum Gasteiger partial charge on any atom is 0.133 e. The summed E-state index contributed by atoms with van der Waals surface area (Å²) in [6.07, 6.45) is 0. The molecule has 0 aliphatic carbocycles. The van der Waals surface area contributed by atoms with Gasteiger partial charge in [-0.25, -0.2) is 0 Å². The second-order valence-corrected chi connectivity index (χ2v) is 4.74. The van der Waals surface area contributed by atoms with Crippen LogP contribution in [-0.4, -0.2) is 12.5 Å². The number of benzene rings is 1. The van der Waals surface area contributed by atoms with Gasteiger partial charge in [0, 0.05) is 16.8 Å². The molecule has 0 saturated heterocycles. The van der Waals surface area contributed by atoms with Gasteiger partial charge in [0.05, 0.1) is 11.1 Å². The topological polar surface area (TPSA) is 9.23 Å². The van der Waals surface area contributed by atoms with Crippen LogP contribution >= 0.6 is 39.1 Å². The molecule has 0 fully saturated rings. The average molecular weight is 298 g/mol. The number of rotatable bonds is 4. The van der Waals surface area contributed by atoms with Crippen LogP contribution in [0.3, 0.4) is 0 Å². The van der Waals surface area contributed by atoms with E-state index in [4.69, 9.17) is 27.9 Å². The number of hydrogen-bond acceptors (Lipinski definition) is 1. The molecule has 0 bridgehead atoms. The zero-order valence-corrected chi connectivity index (χ0v) is 10.9. The van der Waals surface area contributed by atoms with Gasteiger partial charge in [-0.2, -0.15) is 0 Å². The number of ether oxygens (including phenoxy) is 1. The van der Waals surface area contributed by atoms with Crippen molar-refractivity contribution in [2.24, 2.45) is 5.92 Å². The largest absolute Gasteiger partial charge is 0.492 e. The second kappa shape index (κ2) is 5.84. The lowest BCUT2D eigenvalue weighted by Crippen LogP contribution is -2.09. The Balaban J connectivity index is 2.59. The van der Waals surface area contributed by atoms with E-state index >= 15 is 0 Å². The number of hydrogen-bond donors (Lipinski definition) is 0. The van der Waals surface area contributed by atoms with Gasteiger partial charge in [0.2, 0.25) is 0 Å². The van der Waals surface area contributed by atoms with Crippen LogP contribution in [0.25, 0.3) is 0 Å². The molecule has 0 spiro atoms. The normalized spacial score (nSPS) is 12.6. The molecule has 14 heavy (non-hydrogen) atoms. The van der Waals surface area contributed by atoms with Crippen molar-refractivity contribution in [2.45, 2.75) is 6.92 Å². The van der Waals surface area contributed by atoms with Gasteiger partial charge in [0.15, 0.2) is 0 Å². The van der Waals surface area contributed by atoms with E-state index in [2.05, 4.69) is 15.9 Å². The van der Waals surface area contributed by atoms with E-state index in [1.807, 2.05) is 19.1 Å². The van der Waals surface area contributed by atoms with Gasteiger partial charge in [0.1, 0.15) is 5.75 Å². The summed E-state index contributed by atoms with van der Waals surface area (Å²) in [5.74, 6) is 1.75. The van der Waals surface area contributed by atoms with Gasteiger partial charge in [-0.3, -0.25) is 0 Å². The minimum atomic E-state index is 0.347. The van der Waals surface area contributed by atoms with E-state index in [1.165, 1.54) is 0 Å². The summed E-state index contributed by atoms with van der Waals surface area (Å²) in [7, 11) is 0. The van der Waals surface area contributed by atoms with E-state index in [9.17, 15) is 0 Å². The Kier molecular flexibility index (Phi) is 5.07. The summed E-state index contributed by atoms with van der Waals surface area (Å²) in [5.41, 5.74) is 0. The van der Waals surface area contributed by atoms with Crippen LogP contribution in [0, 0.1) is 5.92 Å². The molecule has 4 heteroatoms. The Morgan fingerprint density at radius 3 is 2.79 bits per heavy atom. The molecule has 0 aliphatic rings. The maximum absolute atomic E-state index is 5.80. The van der Waals surface area contributed by atoms with E-state index in [0.29, 0.717) is 23.4 Å². The lowest BCUT2D eigenvalue weighted by Gasteiger charge is -2.11. The fraction of sp³-hybridized carbons (Fsp3) is 0.400. The van der Waals surface area contributed by atoms with E-state index in [0.717, 1.165) is 10.2 Å². The third-order valence-corrected chi connectivity index (χ3v) is 3.06. The Labute approximate surface area is 102 Å². The Bertz CT molecular complexity index is 304. The van der Waals surface area contributed by atoms with Gasteiger partial charge in [-0.05, 0) is 34.1 Å². The van der Waals surface area contributed by atoms with Crippen LogP contribution in [0.2, 0.25) is 5.02 Å². The highest BCUT2D eigenvalue weighted by Gasteiger charge is 2.04. The highest BCUT2D eigenvalue weighted by molar-refractivity contribution is 9.10. The van der Waals surface area contributed by atoms with E-state index in [-0.39, 0.29) is 0 Å². The standard InChI is InChI=1S/C10H11BrCl2O/c1-7(5-12)6-14-10-3-2-8(13)4-9(10)11/h2-4,7H,5-6H2,1H3. The lowest BCUT2D eigenvalue weighted by molar-refractivity contribution is 0.271. The van der Waals surface area contributed by atoms with E-state index < -0.39 is 0 Å². The van der Waals surface area contributed by atoms with Crippen LogP contribution in [0.5, 0.6) is 5.75 Å². The minimum absolute atomic E-state index is 0.347. The molecule has 78 valence electrons. The Morgan fingerprint density at radius 2 is 2.21 bits per heavy atom. The van der Waals surface area contributed by atoms with Gasteiger partial charge in [-0.15, -0.1) is 11.6 Å². The molecule has 0 radical (unpaired) electrons. The molecule has 1 unspecified atom stereocenters. The SMILES string of the molecule is CC(CCl)COc1ccc(Cl)cc1Br. The summed E-state index contributed by atoms with van der Waals surface area (Å²) < 4.78 is 6.42. The molecule has 1 nitrogen and oxygen atoms in total. The monoisotopic (exact) mass is 296 g/mol. The van der Waals surface area contributed by atoms with Crippen LogP contribution in [0.15, 0.2) is 22.7 Å². The molecule has 0 heterocycles. The van der Waals surface area contributed by atoms with Gasteiger partial charge < -0.3 is 4.74 Å². The number of halogens is 3. The lowest BCUT2D eigenvalue weighted by atomic mass is 10.2. The molecule has 0 saturated carbocycles. The van der Waals surface area contributed by atoms with Gasteiger partial charge in [-0.1, -0.05) is 18.5 Å². The zero-order chi connectivity index (χ0) is 10.6. The van der Waals surface area contributed by atoms with Crippen molar-refractivity contribution in [3.8, 4) is 5.75 Å². The average Bonchev–Trinajstić information content (AvgIpc) is 2.16. The molecule has 0 amide bonds. The zero-order valence-electron chi connectivity index (χ0n) is 7.77. The third-order valence-electron chi connectivity index (χ3n) is 1.68. The molecule has 1 atom stereocenters. The fourth-order valence-electron chi connectivity index (χ4n) is 0.869. The van der Waals surface area contributed by atoms with Crippen LogP contribution < -0.4 is 4.74 Å². The summed E-state index contributed by atoms with van der Waals surface area (Å²) in [5, 5.41) is 0.689. The molecular weight excluding hydrogens is 287 g/mol. The van der Waals surface area contributed by atoms with Crippen molar-refractivity contribution in [2.75, 3.05) is 12.5 Å². The van der Waals surface area contributed by atoms with Crippen molar-refractivity contribution < 1.29 is 4.74 Å². The third kappa shape index (κ3) is 3.68. The quantitative estimate of drug-likeness (QED) is 0.751. The smallest absolute Gasteiger partial charge is 0.133 e. The van der Waals surface area contributed by atoms with E-state index in [1.54, 1.807) is 6.07 Å². The Hall–Kier alpha value is 0.0800. The summed E-state index contributed by atoms with van der Waals surface area (Å²) in [6, 6.07) is 5.45. The van der Waals surface area contributed by atoms with Crippen LogP contribution in [0.1, 0.15) is 6.92 Å². The predicted molar refractivity (Wildman–Crippen MR) is 64.5 cm³/mol. The first-order valence-electron chi connectivity index (χ1n) is 4.27. The highest BCUT2D eigenvalue weighted by Crippen LogP contribution is 2.28. The first-order valence-corrected chi connectivity index (χ1v) is 5.98. The fourth-order valence-corrected chi connectivity index (χ4v) is 1.76. The summed E-state index contributed by atoms with van der Waals surface area (Å²) >= 11 is 14.8. The minimum Gasteiger partial charge on any atom is -0.492 e. The van der Waals surface area contributed by atoms with Crippen molar-refractivity contribution in [1.29, 1.82) is 0 Å². The first kappa shape index (κ1) is 12.2. The highest BCUT2D eigenvalue weighted by atomic mass is 79.9. The summed E-state index contributed by atoms with van der Waals surface area (Å²) in [6.45, 7) is 2.65. The van der Waals surface area contributed by atoms with Crippen molar-refractivity contribution >= 4 is 39.1 Å². The molecule has 0 N–H and O–H groups in total. The molecule has 1 rings (SSSR count). The van der Waals surface area contributed by atoms with Crippen LogP contribution in [0.4, 0.5) is 0 Å². The molecule has 1 aromatic rings. The predicted octanol–water partition coefficient (Wildman–Crippen LogP) is 4.36. The Morgan fingerprint density at radius 1 is 1.50 bits per heavy atom. The first-order chi connectivity index (χ1) is 6.63. The molecular formula is C10H11BrCl2O. The number of alkyl halides is 1.